The van der Waals surface area contributed by atoms with E-state index in [2.05, 4.69) is 10.3 Å². The summed E-state index contributed by atoms with van der Waals surface area (Å²) in [5.41, 5.74) is 5.94. The molecule has 0 aliphatic carbocycles. The minimum absolute atomic E-state index is 0.104. The summed E-state index contributed by atoms with van der Waals surface area (Å²) in [7, 11) is 0. The lowest BCUT2D eigenvalue weighted by Crippen LogP contribution is -2.27. The van der Waals surface area contributed by atoms with Crippen molar-refractivity contribution in [2.75, 3.05) is 19.7 Å². The number of rotatable bonds is 6. The zero-order valence-electron chi connectivity index (χ0n) is 10.4. The van der Waals surface area contributed by atoms with Crippen molar-refractivity contribution in [2.24, 2.45) is 5.73 Å². The van der Waals surface area contributed by atoms with Crippen LogP contribution in [0.1, 0.15) is 34.8 Å². The van der Waals surface area contributed by atoms with Crippen LogP contribution in [0.4, 0.5) is 0 Å². The molecule has 0 radical (unpaired) electrons. The number of amides is 1. The molecule has 2 heterocycles. The molecule has 0 aromatic carbocycles. The molecule has 1 unspecified atom stereocenters. The van der Waals surface area contributed by atoms with E-state index in [9.17, 15) is 4.79 Å². The number of hydrogen-bond donors (Lipinski definition) is 2. The minimum Gasteiger partial charge on any atom is -0.378 e. The fraction of sp³-hybridized carbons (Fsp3) is 0.667. The Labute approximate surface area is 111 Å². The van der Waals surface area contributed by atoms with E-state index >= 15 is 0 Å². The first kappa shape index (κ1) is 13.5. The minimum atomic E-state index is -0.104. The van der Waals surface area contributed by atoms with Gasteiger partial charge in [-0.2, -0.15) is 0 Å². The summed E-state index contributed by atoms with van der Waals surface area (Å²) in [5, 5.41) is 5.58. The highest BCUT2D eigenvalue weighted by Gasteiger charge is 2.16. The van der Waals surface area contributed by atoms with Gasteiger partial charge in [0.25, 0.3) is 5.91 Å². The molecular formula is C12H19N3O2S. The van der Waals surface area contributed by atoms with Crippen molar-refractivity contribution in [1.82, 2.24) is 10.3 Å². The van der Waals surface area contributed by atoms with Gasteiger partial charge in [-0.25, -0.2) is 4.98 Å². The lowest BCUT2D eigenvalue weighted by Gasteiger charge is -2.09. The van der Waals surface area contributed by atoms with E-state index in [1.165, 1.54) is 11.3 Å². The summed E-state index contributed by atoms with van der Waals surface area (Å²) in [4.78, 5) is 16.0. The van der Waals surface area contributed by atoms with E-state index in [-0.39, 0.29) is 5.91 Å². The number of nitrogens with two attached hydrogens (primary N) is 1. The molecule has 0 saturated carbocycles. The molecule has 5 nitrogen and oxygen atoms in total. The molecule has 1 fully saturated rings. The van der Waals surface area contributed by atoms with E-state index < -0.39 is 0 Å². The zero-order valence-corrected chi connectivity index (χ0v) is 11.2. The number of ether oxygens (including phenoxy) is 1. The predicted molar refractivity (Wildman–Crippen MR) is 70.8 cm³/mol. The van der Waals surface area contributed by atoms with Crippen molar-refractivity contribution in [3.63, 3.8) is 0 Å². The fourth-order valence-corrected chi connectivity index (χ4v) is 2.76. The lowest BCUT2D eigenvalue weighted by atomic mass is 10.2. The van der Waals surface area contributed by atoms with Crippen LogP contribution in [0.2, 0.25) is 0 Å². The number of aromatic nitrogens is 1. The molecule has 1 aromatic heterocycles. The maximum absolute atomic E-state index is 11.8. The Balaban J connectivity index is 1.72. The molecule has 6 heteroatoms. The molecule has 1 saturated heterocycles. The van der Waals surface area contributed by atoms with Gasteiger partial charge >= 0.3 is 0 Å². The topological polar surface area (TPSA) is 77.2 Å². The molecule has 0 bridgehead atoms. The first-order valence-electron chi connectivity index (χ1n) is 6.34. The van der Waals surface area contributed by atoms with Gasteiger partial charge in [0, 0.05) is 25.0 Å². The Morgan fingerprint density at radius 3 is 3.28 bits per heavy atom. The lowest BCUT2D eigenvalue weighted by molar-refractivity contribution is 0.0903. The molecule has 1 aliphatic heterocycles. The van der Waals surface area contributed by atoms with Crippen LogP contribution in [0.5, 0.6) is 0 Å². The number of hydrogen-bond acceptors (Lipinski definition) is 5. The Morgan fingerprint density at radius 1 is 1.67 bits per heavy atom. The molecule has 1 aliphatic rings. The van der Waals surface area contributed by atoms with Gasteiger partial charge in [0.1, 0.15) is 5.69 Å². The molecule has 3 N–H and O–H groups in total. The second kappa shape index (κ2) is 6.82. The number of thiazole rings is 1. The summed E-state index contributed by atoms with van der Waals surface area (Å²) in [6.07, 6.45) is 4.16. The predicted octanol–water partition coefficient (Wildman–Crippen LogP) is 0.943. The smallest absolute Gasteiger partial charge is 0.270 e. The van der Waals surface area contributed by atoms with Gasteiger partial charge in [0.2, 0.25) is 0 Å². The van der Waals surface area contributed by atoms with Gasteiger partial charge < -0.3 is 15.8 Å². The van der Waals surface area contributed by atoms with Crippen molar-refractivity contribution >= 4 is 17.2 Å². The Hall–Kier alpha value is -0.980. The van der Waals surface area contributed by atoms with Gasteiger partial charge in [-0.3, -0.25) is 4.79 Å². The third-order valence-corrected chi connectivity index (χ3v) is 3.83. The second-order valence-electron chi connectivity index (χ2n) is 4.34. The molecule has 1 aromatic rings. The van der Waals surface area contributed by atoms with E-state index in [1.807, 2.05) is 0 Å². The largest absolute Gasteiger partial charge is 0.378 e. The first-order chi connectivity index (χ1) is 8.79. The summed E-state index contributed by atoms with van der Waals surface area (Å²) < 4.78 is 5.50. The van der Waals surface area contributed by atoms with E-state index in [1.54, 1.807) is 5.38 Å². The van der Waals surface area contributed by atoms with Gasteiger partial charge in [-0.1, -0.05) is 0 Å². The van der Waals surface area contributed by atoms with Crippen LogP contribution in [-0.2, 0) is 11.2 Å². The number of carbonyl (C=O) groups is 1. The van der Waals surface area contributed by atoms with E-state index in [0.717, 1.165) is 37.3 Å². The highest BCUT2D eigenvalue weighted by Crippen LogP contribution is 2.14. The van der Waals surface area contributed by atoms with Crippen molar-refractivity contribution in [3.05, 3.63) is 16.1 Å². The molecule has 0 spiro atoms. The summed E-state index contributed by atoms with van der Waals surface area (Å²) >= 11 is 1.48. The van der Waals surface area contributed by atoms with Crippen molar-refractivity contribution in [1.29, 1.82) is 0 Å². The van der Waals surface area contributed by atoms with Crippen LogP contribution in [0.15, 0.2) is 5.38 Å². The SMILES string of the molecule is NCCc1nc(C(=O)NCCC2CCCO2)cs1. The number of nitrogens with zero attached hydrogens (tertiary/aromatic N) is 1. The molecule has 2 rings (SSSR count). The third-order valence-electron chi connectivity index (χ3n) is 2.92. The molecule has 100 valence electrons. The fourth-order valence-electron chi connectivity index (χ4n) is 1.96. The Morgan fingerprint density at radius 2 is 2.56 bits per heavy atom. The van der Waals surface area contributed by atoms with Crippen LogP contribution in [0, 0.1) is 0 Å². The Bertz CT molecular complexity index is 388. The normalized spacial score (nSPS) is 19.1. The van der Waals surface area contributed by atoms with Crippen LogP contribution >= 0.6 is 11.3 Å². The summed E-state index contributed by atoms with van der Waals surface area (Å²) in [5.74, 6) is -0.104. The van der Waals surface area contributed by atoms with E-state index in [4.69, 9.17) is 10.5 Å². The molecule has 1 amide bonds. The maximum Gasteiger partial charge on any atom is 0.270 e. The van der Waals surface area contributed by atoms with Gasteiger partial charge in [0.05, 0.1) is 11.1 Å². The van der Waals surface area contributed by atoms with Gasteiger partial charge in [-0.15, -0.1) is 11.3 Å². The van der Waals surface area contributed by atoms with Crippen LogP contribution in [0.25, 0.3) is 0 Å². The molecular weight excluding hydrogens is 250 g/mol. The first-order valence-corrected chi connectivity index (χ1v) is 7.22. The number of carbonyl (C=O) groups excluding carboxylic acids is 1. The quantitative estimate of drug-likeness (QED) is 0.806. The van der Waals surface area contributed by atoms with Crippen LogP contribution in [0.3, 0.4) is 0 Å². The van der Waals surface area contributed by atoms with Crippen molar-refractivity contribution in [3.8, 4) is 0 Å². The average molecular weight is 269 g/mol. The molecule has 18 heavy (non-hydrogen) atoms. The number of nitrogens with one attached hydrogen (secondary N) is 1. The highest BCUT2D eigenvalue weighted by atomic mass is 32.1. The van der Waals surface area contributed by atoms with Gasteiger partial charge in [-0.05, 0) is 25.8 Å². The van der Waals surface area contributed by atoms with Crippen molar-refractivity contribution in [2.45, 2.75) is 31.8 Å². The Kier molecular flexibility index (Phi) is 5.10. The zero-order chi connectivity index (χ0) is 12.8. The van der Waals surface area contributed by atoms with Crippen molar-refractivity contribution < 1.29 is 9.53 Å². The van der Waals surface area contributed by atoms with Gasteiger partial charge in [0.15, 0.2) is 0 Å². The standard InChI is InChI=1S/C12H19N3O2S/c13-5-3-11-15-10(8-18-11)12(16)14-6-4-9-2-1-7-17-9/h8-9H,1-7,13H2,(H,14,16). The maximum atomic E-state index is 11.8. The average Bonchev–Trinajstić information content (AvgIpc) is 3.00. The van der Waals surface area contributed by atoms with E-state index in [0.29, 0.717) is 24.9 Å². The summed E-state index contributed by atoms with van der Waals surface area (Å²) in [6.45, 7) is 2.06. The second-order valence-corrected chi connectivity index (χ2v) is 5.29. The monoisotopic (exact) mass is 269 g/mol. The molecule has 1 atom stereocenters. The van der Waals surface area contributed by atoms with Crippen LogP contribution < -0.4 is 11.1 Å². The third kappa shape index (κ3) is 3.76. The highest BCUT2D eigenvalue weighted by molar-refractivity contribution is 7.09. The summed E-state index contributed by atoms with van der Waals surface area (Å²) in [6, 6.07) is 0. The van der Waals surface area contributed by atoms with Crippen LogP contribution in [-0.4, -0.2) is 36.7 Å².